The van der Waals surface area contributed by atoms with Crippen molar-refractivity contribution in [1.82, 2.24) is 19.4 Å². The highest BCUT2D eigenvalue weighted by Gasteiger charge is 2.16. The summed E-state index contributed by atoms with van der Waals surface area (Å²) < 4.78 is 11.1. The summed E-state index contributed by atoms with van der Waals surface area (Å²) in [6.07, 6.45) is 4.61. The van der Waals surface area contributed by atoms with Gasteiger partial charge in [0, 0.05) is 12.1 Å². The van der Waals surface area contributed by atoms with E-state index in [9.17, 15) is 28.8 Å². The third-order valence-corrected chi connectivity index (χ3v) is 5.65. The highest BCUT2D eigenvalue weighted by Crippen LogP contribution is 2.13. The Kier molecular flexibility index (Phi) is 8.89. The normalized spacial score (nSPS) is 10.8. The van der Waals surface area contributed by atoms with Gasteiger partial charge in [0.1, 0.15) is 25.0 Å². The van der Waals surface area contributed by atoms with Crippen LogP contribution >= 0.6 is 0 Å². The van der Waals surface area contributed by atoms with Gasteiger partial charge in [-0.2, -0.15) is 0 Å². The molecular weight excluding hydrogens is 504 g/mol. The number of aromatic amines is 2. The fourth-order valence-corrected chi connectivity index (χ4v) is 3.88. The molecule has 4 rings (SSSR count). The highest BCUT2D eigenvalue weighted by atomic mass is 16.7. The Morgan fingerprint density at radius 3 is 1.82 bits per heavy atom. The van der Waals surface area contributed by atoms with Crippen LogP contribution in [0.25, 0.3) is 22.2 Å². The number of aryl methyl sites for hydroxylation is 2. The Hall–Kier alpha value is -4.62. The first-order valence-corrected chi connectivity index (χ1v) is 11.9. The number of aromatic nitrogens is 4. The average molecular weight is 533 g/mol. The molecule has 38 heavy (non-hydrogen) atoms. The molecule has 0 unspecified atom stereocenters. The Labute approximate surface area is 213 Å². The highest BCUT2D eigenvalue weighted by molar-refractivity contribution is 5.76. The molecule has 0 spiro atoms. The van der Waals surface area contributed by atoms with Crippen LogP contribution in [0.4, 0.5) is 0 Å². The van der Waals surface area contributed by atoms with Gasteiger partial charge in [-0.15, -0.1) is 0 Å². The summed E-state index contributed by atoms with van der Waals surface area (Å²) in [6.45, 7) is 4.01. The van der Waals surface area contributed by atoms with Crippen LogP contribution in [0.5, 0.6) is 0 Å². The molecule has 0 aliphatic rings. The van der Waals surface area contributed by atoms with E-state index in [1.807, 2.05) is 13.8 Å². The second-order valence-electron chi connectivity index (χ2n) is 8.22. The summed E-state index contributed by atoms with van der Waals surface area (Å²) in [5.74, 6) is 0. The number of unbranched alkanes of at least 4 members (excludes halogenated alkanes) is 2. The molecule has 2 N–H and O–H groups in total. The van der Waals surface area contributed by atoms with E-state index in [0.717, 1.165) is 30.4 Å². The lowest BCUT2D eigenvalue weighted by Gasteiger charge is -2.07. The topological polar surface area (TPSA) is 189 Å². The quantitative estimate of drug-likeness (QED) is 0.315. The van der Waals surface area contributed by atoms with Gasteiger partial charge in [0.25, 0.3) is 11.3 Å². The van der Waals surface area contributed by atoms with Crippen LogP contribution in [0.1, 0.15) is 50.7 Å². The first-order chi connectivity index (χ1) is 18.2. The van der Waals surface area contributed by atoms with E-state index < -0.39 is 33.7 Å². The van der Waals surface area contributed by atoms with Gasteiger partial charge in [-0.3, -0.25) is 19.6 Å². The molecule has 204 valence electrons. The van der Waals surface area contributed by atoms with Gasteiger partial charge < -0.3 is 18.5 Å². The maximum Gasteiger partial charge on any atom is 0.364 e. The van der Waals surface area contributed by atoms with Crippen molar-refractivity contribution in [3.63, 3.8) is 0 Å². The zero-order chi connectivity index (χ0) is 28.0. The SMILES string of the molecule is CCCCc1cc(=O)oc2[nH]c(=O)n(OC)c(=O)c12.CCCCc1cc(=O)oc2c1c(=O)[nH]c(=O)n2OC. The molecule has 0 aliphatic heterocycles. The molecule has 0 saturated carbocycles. The minimum Gasteiger partial charge on any atom is -0.409 e. The van der Waals surface area contributed by atoms with Crippen LogP contribution in [0.2, 0.25) is 0 Å². The fourth-order valence-electron chi connectivity index (χ4n) is 3.88. The fraction of sp³-hybridized carbons (Fsp3) is 0.417. The lowest BCUT2D eigenvalue weighted by atomic mass is 10.1. The van der Waals surface area contributed by atoms with Crippen LogP contribution in [0.15, 0.2) is 49.7 Å². The minimum atomic E-state index is -0.782. The van der Waals surface area contributed by atoms with Crippen molar-refractivity contribution in [3.8, 4) is 0 Å². The number of hydrogen-bond acceptors (Lipinski definition) is 10. The largest absolute Gasteiger partial charge is 0.409 e. The van der Waals surface area contributed by atoms with Crippen molar-refractivity contribution in [2.24, 2.45) is 0 Å². The van der Waals surface area contributed by atoms with Crippen LogP contribution in [-0.4, -0.2) is 33.6 Å². The van der Waals surface area contributed by atoms with E-state index in [-0.39, 0.29) is 22.2 Å². The summed E-state index contributed by atoms with van der Waals surface area (Å²) in [7, 11) is 2.46. The molecule has 4 heterocycles. The van der Waals surface area contributed by atoms with Gasteiger partial charge in [0.2, 0.25) is 5.71 Å². The predicted molar refractivity (Wildman–Crippen MR) is 137 cm³/mol. The zero-order valence-electron chi connectivity index (χ0n) is 21.4. The van der Waals surface area contributed by atoms with Crippen molar-refractivity contribution >= 4 is 22.2 Å². The van der Waals surface area contributed by atoms with Gasteiger partial charge in [0.05, 0.1) is 0 Å². The van der Waals surface area contributed by atoms with E-state index in [1.165, 1.54) is 26.4 Å². The van der Waals surface area contributed by atoms with Crippen molar-refractivity contribution in [3.05, 3.63) is 85.8 Å². The molecule has 4 aromatic heterocycles. The third kappa shape index (κ3) is 5.68. The Morgan fingerprint density at radius 1 is 0.737 bits per heavy atom. The van der Waals surface area contributed by atoms with Gasteiger partial charge >= 0.3 is 28.2 Å². The lowest BCUT2D eigenvalue weighted by molar-refractivity contribution is 0.145. The summed E-state index contributed by atoms with van der Waals surface area (Å²) in [5.41, 5.74) is -3.14. The molecule has 0 radical (unpaired) electrons. The van der Waals surface area contributed by atoms with Crippen LogP contribution < -0.4 is 43.4 Å². The second-order valence-corrected chi connectivity index (χ2v) is 8.22. The zero-order valence-corrected chi connectivity index (χ0v) is 21.4. The third-order valence-electron chi connectivity index (χ3n) is 5.65. The molecule has 0 aliphatic carbocycles. The lowest BCUT2D eigenvalue weighted by Crippen LogP contribution is -2.39. The second kappa shape index (κ2) is 12.1. The first kappa shape index (κ1) is 28.0. The Bertz CT molecular complexity index is 1780. The molecule has 0 bridgehead atoms. The summed E-state index contributed by atoms with van der Waals surface area (Å²) in [4.78, 5) is 84.0. The number of H-pyrrole nitrogens is 2. The molecule has 4 aromatic rings. The van der Waals surface area contributed by atoms with E-state index in [2.05, 4.69) is 9.97 Å². The first-order valence-electron chi connectivity index (χ1n) is 11.9. The van der Waals surface area contributed by atoms with Crippen molar-refractivity contribution in [2.45, 2.75) is 52.4 Å². The molecule has 0 saturated heterocycles. The molecule has 0 fully saturated rings. The molecule has 14 heteroatoms. The summed E-state index contributed by atoms with van der Waals surface area (Å²) >= 11 is 0. The number of nitrogens with one attached hydrogen (secondary N) is 2. The van der Waals surface area contributed by atoms with Crippen LogP contribution in [-0.2, 0) is 12.8 Å². The van der Waals surface area contributed by atoms with Crippen molar-refractivity contribution in [1.29, 1.82) is 0 Å². The van der Waals surface area contributed by atoms with E-state index in [4.69, 9.17) is 18.5 Å². The predicted octanol–water partition coefficient (Wildman–Crippen LogP) is 0.0880. The number of hydrogen-bond donors (Lipinski definition) is 2. The van der Waals surface area contributed by atoms with Gasteiger partial charge in [-0.25, -0.2) is 19.2 Å². The number of rotatable bonds is 8. The Balaban J connectivity index is 0.000000211. The van der Waals surface area contributed by atoms with Crippen LogP contribution in [0, 0.1) is 0 Å². The van der Waals surface area contributed by atoms with Crippen molar-refractivity contribution < 1.29 is 18.5 Å². The molecular formula is C24H28N4O10. The monoisotopic (exact) mass is 532 g/mol. The molecule has 0 atom stereocenters. The number of nitrogens with zero attached hydrogens (tertiary/aromatic N) is 2. The van der Waals surface area contributed by atoms with Crippen LogP contribution in [0.3, 0.4) is 0 Å². The average Bonchev–Trinajstić information content (AvgIpc) is 2.86. The smallest absolute Gasteiger partial charge is 0.364 e. The van der Waals surface area contributed by atoms with Gasteiger partial charge in [-0.05, 0) is 36.8 Å². The maximum atomic E-state index is 12.1. The van der Waals surface area contributed by atoms with Gasteiger partial charge in [0.15, 0.2) is 0 Å². The molecule has 0 aromatic carbocycles. The summed E-state index contributed by atoms with van der Waals surface area (Å²) in [5, 5.41) is 0.351. The number of fused-ring (bicyclic) bond motifs is 2. The maximum absolute atomic E-state index is 12.1. The molecule has 14 nitrogen and oxygen atoms in total. The van der Waals surface area contributed by atoms with E-state index in [1.54, 1.807) is 0 Å². The minimum absolute atomic E-state index is 0.109. The molecule has 0 amide bonds. The van der Waals surface area contributed by atoms with E-state index >= 15 is 0 Å². The summed E-state index contributed by atoms with van der Waals surface area (Å²) in [6, 6.07) is 2.55. The standard InChI is InChI=1S/2C12H14N2O5/c1-3-4-5-7-6-8(15)19-10-9(7)11(16)14(18-2)12(17)13-10;1-3-4-5-7-6-8(15)19-11-9(7)10(16)13-12(17)14(11)18-2/h6H,3-5H2,1-2H3,(H,13,17);6H,3-5H2,1-2H3,(H,13,16,17). The van der Waals surface area contributed by atoms with Gasteiger partial charge in [-0.1, -0.05) is 36.1 Å². The Morgan fingerprint density at radius 2 is 1.26 bits per heavy atom. The van der Waals surface area contributed by atoms with Crippen molar-refractivity contribution in [2.75, 3.05) is 14.2 Å². The van der Waals surface area contributed by atoms with E-state index in [0.29, 0.717) is 28.7 Å².